The molecular weight excluding hydrogens is 360 g/mol. The Morgan fingerprint density at radius 1 is 1.11 bits per heavy atom. The molecule has 0 aliphatic heterocycles. The maximum atomic E-state index is 13.2. The molecule has 144 valence electrons. The molecule has 5 nitrogen and oxygen atoms in total. The van der Waals surface area contributed by atoms with Crippen molar-refractivity contribution in [2.45, 2.75) is 51.0 Å². The minimum Gasteiger partial charge on any atom is -0.325 e. The number of benzene rings is 2. The third kappa shape index (κ3) is 4.06. The van der Waals surface area contributed by atoms with Crippen molar-refractivity contribution >= 4 is 21.6 Å². The van der Waals surface area contributed by atoms with Gasteiger partial charge in [0.05, 0.1) is 4.90 Å². The number of rotatable bonds is 6. The summed E-state index contributed by atoms with van der Waals surface area (Å²) in [7, 11) is -3.74. The van der Waals surface area contributed by atoms with Crippen molar-refractivity contribution in [3.05, 3.63) is 59.2 Å². The first kappa shape index (κ1) is 19.6. The number of carbonyl (C=O) groups excluding carboxylic acids is 1. The Morgan fingerprint density at radius 2 is 1.78 bits per heavy atom. The number of amides is 1. The van der Waals surface area contributed by atoms with Crippen LogP contribution >= 0.6 is 0 Å². The lowest BCUT2D eigenvalue weighted by Crippen LogP contribution is -2.45. The number of carbonyl (C=O) groups is 1. The molecule has 0 aromatic heterocycles. The topological polar surface area (TPSA) is 66.5 Å². The first-order valence-corrected chi connectivity index (χ1v) is 10.8. The summed E-state index contributed by atoms with van der Waals surface area (Å²) >= 11 is 0. The summed E-state index contributed by atoms with van der Waals surface area (Å²) in [6, 6.07) is 11.9. The van der Waals surface area contributed by atoms with E-state index in [1.54, 1.807) is 26.0 Å². The molecule has 3 rings (SSSR count). The molecule has 1 aliphatic carbocycles. The van der Waals surface area contributed by atoms with Gasteiger partial charge in [0.1, 0.15) is 6.04 Å². The van der Waals surface area contributed by atoms with Gasteiger partial charge >= 0.3 is 0 Å². The molecule has 1 N–H and O–H groups in total. The van der Waals surface area contributed by atoms with E-state index in [0.29, 0.717) is 5.69 Å². The second kappa shape index (κ2) is 7.82. The maximum Gasteiger partial charge on any atom is 0.243 e. The molecule has 0 saturated carbocycles. The molecule has 2 aromatic rings. The second-order valence-corrected chi connectivity index (χ2v) is 8.91. The molecule has 0 heterocycles. The van der Waals surface area contributed by atoms with E-state index in [-0.39, 0.29) is 17.3 Å². The first-order chi connectivity index (χ1) is 12.8. The highest BCUT2D eigenvalue weighted by Gasteiger charge is 2.32. The Kier molecular flexibility index (Phi) is 5.67. The van der Waals surface area contributed by atoms with E-state index in [4.69, 9.17) is 0 Å². The number of fused-ring (bicyclic) bond motifs is 1. The predicted molar refractivity (Wildman–Crippen MR) is 107 cm³/mol. The Bertz CT molecular complexity index is 936. The monoisotopic (exact) mass is 386 g/mol. The number of nitrogens with zero attached hydrogens (tertiary/aromatic N) is 1. The lowest BCUT2D eigenvalue weighted by atomic mass is 10.1. The Morgan fingerprint density at radius 3 is 2.44 bits per heavy atom. The van der Waals surface area contributed by atoms with E-state index in [0.717, 1.165) is 30.4 Å². The lowest BCUT2D eigenvalue weighted by Gasteiger charge is -2.26. The first-order valence-electron chi connectivity index (χ1n) is 9.34. The molecule has 0 bridgehead atoms. The summed E-state index contributed by atoms with van der Waals surface area (Å²) in [5.74, 6) is -0.342. The molecular formula is C21H26N2O3S. The van der Waals surface area contributed by atoms with Gasteiger partial charge in [0.25, 0.3) is 0 Å². The molecule has 0 saturated heterocycles. The van der Waals surface area contributed by atoms with Gasteiger partial charge in [0, 0.05) is 12.2 Å². The number of hydrogen-bond donors (Lipinski definition) is 1. The average molecular weight is 387 g/mol. The van der Waals surface area contributed by atoms with Gasteiger partial charge in [-0.1, -0.05) is 30.7 Å². The minimum atomic E-state index is -3.74. The van der Waals surface area contributed by atoms with Gasteiger partial charge < -0.3 is 5.32 Å². The van der Waals surface area contributed by atoms with Crippen molar-refractivity contribution in [2.75, 3.05) is 11.9 Å². The molecule has 1 atom stereocenters. The minimum absolute atomic E-state index is 0.224. The highest BCUT2D eigenvalue weighted by Crippen LogP contribution is 2.27. The number of sulfonamides is 1. The van der Waals surface area contributed by atoms with Crippen LogP contribution in [0.15, 0.2) is 47.4 Å². The van der Waals surface area contributed by atoms with Gasteiger partial charge in [-0.3, -0.25) is 4.79 Å². The molecule has 0 radical (unpaired) electrons. The largest absolute Gasteiger partial charge is 0.325 e. The van der Waals surface area contributed by atoms with Crippen molar-refractivity contribution in [2.24, 2.45) is 0 Å². The van der Waals surface area contributed by atoms with Gasteiger partial charge in [-0.15, -0.1) is 0 Å². The van der Waals surface area contributed by atoms with E-state index in [1.807, 2.05) is 37.3 Å². The van der Waals surface area contributed by atoms with Crippen molar-refractivity contribution in [3.8, 4) is 0 Å². The molecule has 27 heavy (non-hydrogen) atoms. The van der Waals surface area contributed by atoms with Crippen LogP contribution in [0.3, 0.4) is 0 Å². The number of anilines is 1. The van der Waals surface area contributed by atoms with Crippen LogP contribution in [0.2, 0.25) is 0 Å². The summed E-state index contributed by atoms with van der Waals surface area (Å²) in [5.41, 5.74) is 4.07. The van der Waals surface area contributed by atoms with Gasteiger partial charge in [-0.05, 0) is 68.5 Å². The van der Waals surface area contributed by atoms with Gasteiger partial charge in [0.2, 0.25) is 15.9 Å². The molecule has 6 heteroatoms. The maximum absolute atomic E-state index is 13.2. The Labute approximate surface area is 161 Å². The highest BCUT2D eigenvalue weighted by atomic mass is 32.2. The molecule has 2 aromatic carbocycles. The van der Waals surface area contributed by atoms with E-state index >= 15 is 0 Å². The summed E-state index contributed by atoms with van der Waals surface area (Å²) in [6.45, 7) is 5.57. The normalized spacial score (nSPS) is 14.8. The molecule has 0 unspecified atom stereocenters. The third-order valence-corrected chi connectivity index (χ3v) is 7.16. The van der Waals surface area contributed by atoms with Crippen LogP contribution in [0.25, 0.3) is 0 Å². The van der Waals surface area contributed by atoms with E-state index < -0.39 is 16.1 Å². The zero-order valence-electron chi connectivity index (χ0n) is 16.0. The van der Waals surface area contributed by atoms with Gasteiger partial charge in [0.15, 0.2) is 0 Å². The van der Waals surface area contributed by atoms with Crippen molar-refractivity contribution < 1.29 is 13.2 Å². The Balaban J connectivity index is 1.81. The van der Waals surface area contributed by atoms with Crippen LogP contribution in [0, 0.1) is 6.92 Å². The lowest BCUT2D eigenvalue weighted by molar-refractivity contribution is -0.119. The van der Waals surface area contributed by atoms with Crippen molar-refractivity contribution in [1.29, 1.82) is 0 Å². The highest BCUT2D eigenvalue weighted by molar-refractivity contribution is 7.89. The van der Waals surface area contributed by atoms with Crippen LogP contribution < -0.4 is 5.32 Å². The zero-order valence-corrected chi connectivity index (χ0v) is 16.8. The van der Waals surface area contributed by atoms with Crippen LogP contribution in [-0.4, -0.2) is 31.2 Å². The van der Waals surface area contributed by atoms with E-state index in [1.165, 1.54) is 9.87 Å². The molecule has 0 spiro atoms. The van der Waals surface area contributed by atoms with Crippen LogP contribution in [-0.2, 0) is 27.7 Å². The van der Waals surface area contributed by atoms with E-state index in [2.05, 4.69) is 5.32 Å². The van der Waals surface area contributed by atoms with Crippen LogP contribution in [0.5, 0.6) is 0 Å². The second-order valence-electron chi connectivity index (χ2n) is 7.02. The summed E-state index contributed by atoms with van der Waals surface area (Å²) < 4.78 is 27.6. The van der Waals surface area contributed by atoms with Crippen molar-refractivity contribution in [3.63, 3.8) is 0 Å². The molecule has 1 aliphatic rings. The fraction of sp³-hybridized carbons (Fsp3) is 0.381. The number of aryl methyl sites for hydroxylation is 3. The molecule has 1 amide bonds. The number of nitrogens with one attached hydrogen (secondary N) is 1. The smallest absolute Gasteiger partial charge is 0.243 e. The SMILES string of the molecule is CCN([C@H](C)C(=O)Nc1ccc(C)cc1)S(=O)(=O)c1ccc2c(c1)CCC2. The quantitative estimate of drug-likeness (QED) is 0.826. The fourth-order valence-electron chi connectivity index (χ4n) is 3.51. The molecule has 0 fully saturated rings. The van der Waals surface area contributed by atoms with Crippen LogP contribution in [0.4, 0.5) is 5.69 Å². The van der Waals surface area contributed by atoms with Gasteiger partial charge in [-0.2, -0.15) is 4.31 Å². The van der Waals surface area contributed by atoms with E-state index in [9.17, 15) is 13.2 Å². The average Bonchev–Trinajstić information content (AvgIpc) is 3.11. The predicted octanol–water partition coefficient (Wildman–Crippen LogP) is 3.52. The van der Waals surface area contributed by atoms with Crippen molar-refractivity contribution in [1.82, 2.24) is 4.31 Å². The number of likely N-dealkylation sites (N-methyl/N-ethyl adjacent to an activating group) is 1. The van der Waals surface area contributed by atoms with Gasteiger partial charge in [-0.25, -0.2) is 8.42 Å². The Hall–Kier alpha value is -2.18. The summed E-state index contributed by atoms with van der Waals surface area (Å²) in [6.07, 6.45) is 2.97. The summed E-state index contributed by atoms with van der Waals surface area (Å²) in [5, 5.41) is 2.80. The summed E-state index contributed by atoms with van der Waals surface area (Å²) in [4.78, 5) is 12.9. The standard InChI is InChI=1S/C21H26N2O3S/c1-4-23(16(3)21(24)22-19-11-8-15(2)9-12-19)27(25,26)20-13-10-17-6-5-7-18(17)14-20/h8-14,16H,4-7H2,1-3H3,(H,22,24)/t16-/m1/s1. The zero-order chi connectivity index (χ0) is 19.6. The third-order valence-electron chi connectivity index (χ3n) is 5.12. The fourth-order valence-corrected chi connectivity index (χ4v) is 5.16. The van der Waals surface area contributed by atoms with Crippen LogP contribution in [0.1, 0.15) is 37.0 Å². The number of hydrogen-bond acceptors (Lipinski definition) is 3.